The molecule has 27 heavy (non-hydrogen) atoms. The summed E-state index contributed by atoms with van der Waals surface area (Å²) in [7, 11) is 1.38. The molecular weight excluding hydrogens is 359 g/mol. The lowest BCUT2D eigenvalue weighted by atomic mass is 10.0. The zero-order chi connectivity index (χ0) is 20.2. The average Bonchev–Trinajstić information content (AvgIpc) is 3.42. The molecule has 1 atom stereocenters. The van der Waals surface area contributed by atoms with Gasteiger partial charge in [0.25, 0.3) is 0 Å². The second kappa shape index (κ2) is 8.85. The van der Waals surface area contributed by atoms with E-state index in [4.69, 9.17) is 9.47 Å². The van der Waals surface area contributed by atoms with Gasteiger partial charge in [-0.25, -0.2) is 0 Å². The van der Waals surface area contributed by atoms with E-state index in [1.807, 2.05) is 4.90 Å². The fraction of sp³-hybridized carbons (Fsp3) is 0.650. The highest BCUT2D eigenvalue weighted by Crippen LogP contribution is 2.33. The molecule has 0 heterocycles. The van der Waals surface area contributed by atoms with Gasteiger partial charge >= 0.3 is 6.18 Å². The number of alkyl halides is 3. The Bertz CT molecular complexity index is 642. The molecule has 0 N–H and O–H groups in total. The third-order valence-corrected chi connectivity index (χ3v) is 4.88. The van der Waals surface area contributed by atoms with Crippen LogP contribution in [0.25, 0.3) is 0 Å². The molecule has 1 fully saturated rings. The Hall–Kier alpha value is -1.92. The summed E-state index contributed by atoms with van der Waals surface area (Å²) in [6, 6.07) is 5.31. The van der Waals surface area contributed by atoms with Crippen molar-refractivity contribution in [2.45, 2.75) is 64.7 Å². The number of carbonyl (C=O) groups is 1. The number of nitrogens with zero attached hydrogens (tertiary/aromatic N) is 1. The van der Waals surface area contributed by atoms with E-state index in [0.29, 0.717) is 24.8 Å². The first-order chi connectivity index (χ1) is 12.6. The predicted octanol–water partition coefficient (Wildman–Crippen LogP) is 4.60. The van der Waals surface area contributed by atoms with E-state index in [0.717, 1.165) is 18.4 Å². The van der Waals surface area contributed by atoms with Crippen molar-refractivity contribution in [3.8, 4) is 11.5 Å². The first-order valence-corrected chi connectivity index (χ1v) is 9.30. The Labute approximate surface area is 158 Å². The van der Waals surface area contributed by atoms with Crippen LogP contribution in [0.5, 0.6) is 11.5 Å². The van der Waals surface area contributed by atoms with E-state index in [-0.39, 0.29) is 23.4 Å². The quantitative estimate of drug-likeness (QED) is 0.621. The summed E-state index contributed by atoms with van der Waals surface area (Å²) < 4.78 is 46.9. The van der Waals surface area contributed by atoms with Gasteiger partial charge in [0.1, 0.15) is 0 Å². The van der Waals surface area contributed by atoms with Crippen molar-refractivity contribution in [2.24, 2.45) is 5.92 Å². The van der Waals surface area contributed by atoms with Crippen molar-refractivity contribution in [1.29, 1.82) is 0 Å². The van der Waals surface area contributed by atoms with Crippen LogP contribution in [-0.2, 0) is 11.2 Å². The lowest BCUT2D eigenvalue weighted by Crippen LogP contribution is -2.43. The van der Waals surface area contributed by atoms with Crippen molar-refractivity contribution < 1.29 is 27.4 Å². The Kier molecular flexibility index (Phi) is 7.00. The van der Waals surface area contributed by atoms with E-state index in [2.05, 4.69) is 20.8 Å². The lowest BCUT2D eigenvalue weighted by Gasteiger charge is -2.32. The van der Waals surface area contributed by atoms with Crippen molar-refractivity contribution in [2.75, 3.05) is 13.7 Å². The van der Waals surface area contributed by atoms with Gasteiger partial charge in [-0.2, -0.15) is 13.2 Å². The second-order valence-electron chi connectivity index (χ2n) is 7.41. The van der Waals surface area contributed by atoms with Crippen LogP contribution in [0.2, 0.25) is 0 Å². The minimum atomic E-state index is -4.41. The van der Waals surface area contributed by atoms with Gasteiger partial charge in [-0.15, -0.1) is 0 Å². The summed E-state index contributed by atoms with van der Waals surface area (Å²) >= 11 is 0. The fourth-order valence-electron chi connectivity index (χ4n) is 2.96. The summed E-state index contributed by atoms with van der Waals surface area (Å²) in [5, 5.41) is 0. The maximum absolute atomic E-state index is 12.7. The van der Waals surface area contributed by atoms with E-state index in [1.54, 1.807) is 12.1 Å². The molecule has 0 saturated heterocycles. The van der Waals surface area contributed by atoms with E-state index in [9.17, 15) is 18.0 Å². The molecule has 0 aromatic heterocycles. The molecule has 0 aliphatic heterocycles. The Morgan fingerprint density at radius 1 is 1.22 bits per heavy atom. The van der Waals surface area contributed by atoms with Crippen molar-refractivity contribution in [3.63, 3.8) is 0 Å². The first-order valence-electron chi connectivity index (χ1n) is 9.30. The fourth-order valence-corrected chi connectivity index (χ4v) is 2.96. The topological polar surface area (TPSA) is 38.8 Å². The Balaban J connectivity index is 1.99. The number of benzene rings is 1. The van der Waals surface area contributed by atoms with Crippen LogP contribution in [0.4, 0.5) is 13.2 Å². The molecule has 1 aromatic rings. The molecule has 1 aliphatic carbocycles. The zero-order valence-electron chi connectivity index (χ0n) is 16.3. The number of methoxy groups -OCH3 is 1. The highest BCUT2D eigenvalue weighted by molar-refractivity contribution is 5.77. The molecular formula is C20H28F3NO3. The number of carbonyl (C=O) groups excluding carboxylic acids is 1. The molecule has 4 nitrogen and oxygen atoms in total. The monoisotopic (exact) mass is 387 g/mol. The van der Waals surface area contributed by atoms with Crippen LogP contribution in [-0.4, -0.2) is 42.8 Å². The van der Waals surface area contributed by atoms with Crippen molar-refractivity contribution in [3.05, 3.63) is 23.8 Å². The number of hydrogen-bond acceptors (Lipinski definition) is 3. The number of amides is 1. The SMILES string of the molecule is COc1cc(CCC(=O)N(C2CC2)C(C)C(C)C)ccc1OCC(F)(F)F. The van der Waals surface area contributed by atoms with Crippen LogP contribution in [0.15, 0.2) is 18.2 Å². The predicted molar refractivity (Wildman–Crippen MR) is 97.0 cm³/mol. The van der Waals surface area contributed by atoms with Crippen molar-refractivity contribution >= 4 is 5.91 Å². The van der Waals surface area contributed by atoms with Gasteiger partial charge in [0.15, 0.2) is 18.1 Å². The minimum absolute atomic E-state index is 0.0398. The normalized spacial score (nSPS) is 15.6. The molecule has 7 heteroatoms. The largest absolute Gasteiger partial charge is 0.493 e. The van der Waals surface area contributed by atoms with Crippen LogP contribution in [0.1, 0.15) is 45.6 Å². The molecule has 1 amide bonds. The van der Waals surface area contributed by atoms with Gasteiger partial charge in [0.05, 0.1) is 7.11 Å². The number of ether oxygens (including phenoxy) is 2. The molecule has 0 bridgehead atoms. The van der Waals surface area contributed by atoms with Crippen LogP contribution >= 0.6 is 0 Å². The summed E-state index contributed by atoms with van der Waals surface area (Å²) in [6.45, 7) is 4.93. The van der Waals surface area contributed by atoms with Gasteiger partial charge in [-0.3, -0.25) is 4.79 Å². The summed E-state index contributed by atoms with van der Waals surface area (Å²) in [5.74, 6) is 0.784. The number of aryl methyl sites for hydroxylation is 1. The molecule has 152 valence electrons. The highest BCUT2D eigenvalue weighted by Gasteiger charge is 2.36. The molecule has 2 rings (SSSR count). The molecule has 1 unspecified atom stereocenters. The summed E-state index contributed by atoms with van der Waals surface area (Å²) in [6.07, 6.45) is -1.43. The average molecular weight is 387 g/mol. The minimum Gasteiger partial charge on any atom is -0.493 e. The van der Waals surface area contributed by atoms with Crippen LogP contribution < -0.4 is 9.47 Å². The van der Waals surface area contributed by atoms with Crippen LogP contribution in [0.3, 0.4) is 0 Å². The Morgan fingerprint density at radius 3 is 2.41 bits per heavy atom. The summed E-state index contributed by atoms with van der Waals surface area (Å²) in [5.41, 5.74) is 0.826. The standard InChI is InChI=1S/C20H28F3NO3/c1-13(2)14(3)24(16-7-8-16)19(25)10-6-15-5-9-17(18(11-15)26-4)27-12-20(21,22)23/h5,9,11,13-14,16H,6-8,10,12H2,1-4H3. The smallest absolute Gasteiger partial charge is 0.422 e. The third kappa shape index (κ3) is 6.33. The van der Waals surface area contributed by atoms with Gasteiger partial charge in [0, 0.05) is 18.5 Å². The van der Waals surface area contributed by atoms with Gasteiger partial charge in [0.2, 0.25) is 5.91 Å². The molecule has 1 aliphatic rings. The molecule has 1 aromatic carbocycles. The number of hydrogen-bond donors (Lipinski definition) is 0. The highest BCUT2D eigenvalue weighted by atomic mass is 19.4. The van der Waals surface area contributed by atoms with E-state index in [1.165, 1.54) is 13.2 Å². The maximum Gasteiger partial charge on any atom is 0.422 e. The van der Waals surface area contributed by atoms with Crippen LogP contribution in [0, 0.1) is 5.92 Å². The molecule has 1 saturated carbocycles. The molecule has 0 spiro atoms. The lowest BCUT2D eigenvalue weighted by molar-refractivity contribution is -0.153. The zero-order valence-corrected chi connectivity index (χ0v) is 16.3. The first kappa shape index (κ1) is 21.4. The Morgan fingerprint density at radius 2 is 1.89 bits per heavy atom. The van der Waals surface area contributed by atoms with Gasteiger partial charge < -0.3 is 14.4 Å². The second-order valence-corrected chi connectivity index (χ2v) is 7.41. The van der Waals surface area contributed by atoms with E-state index >= 15 is 0 Å². The number of halogens is 3. The van der Waals surface area contributed by atoms with E-state index < -0.39 is 12.8 Å². The third-order valence-electron chi connectivity index (χ3n) is 4.88. The summed E-state index contributed by atoms with van der Waals surface area (Å²) in [4.78, 5) is 14.7. The van der Waals surface area contributed by atoms with Gasteiger partial charge in [-0.1, -0.05) is 19.9 Å². The molecule has 0 radical (unpaired) electrons. The number of rotatable bonds is 9. The maximum atomic E-state index is 12.7. The van der Waals surface area contributed by atoms with Crippen molar-refractivity contribution in [1.82, 2.24) is 4.90 Å². The van der Waals surface area contributed by atoms with Gasteiger partial charge in [-0.05, 0) is 49.8 Å².